The van der Waals surface area contributed by atoms with Gasteiger partial charge in [0.15, 0.2) is 5.69 Å². The number of aromatic nitrogens is 3. The number of thioether (sulfide) groups is 1. The quantitative estimate of drug-likeness (QED) is 0.604. The smallest absolute Gasteiger partial charge is 0.274 e. The van der Waals surface area contributed by atoms with Gasteiger partial charge in [0.2, 0.25) is 11.8 Å². The minimum absolute atomic E-state index is 0.0715. The third-order valence-corrected chi connectivity index (χ3v) is 7.58. The molecular formula is C22H21N7O4S. The van der Waals surface area contributed by atoms with E-state index >= 15 is 0 Å². The van der Waals surface area contributed by atoms with Gasteiger partial charge >= 0.3 is 0 Å². The lowest BCUT2D eigenvalue weighted by Gasteiger charge is -2.30. The van der Waals surface area contributed by atoms with Crippen LogP contribution in [0.2, 0.25) is 0 Å². The van der Waals surface area contributed by atoms with Gasteiger partial charge in [-0.15, -0.1) is 5.10 Å². The molecule has 3 aliphatic rings. The number of nitrogens with zero attached hydrogens (tertiary/aromatic N) is 5. The summed E-state index contributed by atoms with van der Waals surface area (Å²) >= 11 is 1.63. The SMILES string of the molecule is N#CC1(NC(=O)c2cn(-c3ccc4c(c3)C(=O)N(C3CCC(=O)NC3=O)C4)nn2)CCCSC1. The monoisotopic (exact) mass is 479 g/mol. The second-order valence-corrected chi connectivity index (χ2v) is 9.70. The largest absolute Gasteiger partial charge is 0.332 e. The number of hydrogen-bond acceptors (Lipinski definition) is 8. The van der Waals surface area contributed by atoms with Crippen molar-refractivity contribution in [3.63, 3.8) is 0 Å². The van der Waals surface area contributed by atoms with Crippen LogP contribution in [-0.2, 0) is 16.1 Å². The van der Waals surface area contributed by atoms with Crippen LogP contribution in [0.15, 0.2) is 24.4 Å². The van der Waals surface area contributed by atoms with Gasteiger partial charge in [0.1, 0.15) is 11.6 Å². The Hall–Kier alpha value is -3.72. The number of benzene rings is 1. The van der Waals surface area contributed by atoms with Crippen molar-refractivity contribution < 1.29 is 19.2 Å². The average Bonchev–Trinajstić information content (AvgIpc) is 3.45. The highest BCUT2D eigenvalue weighted by atomic mass is 32.2. The Balaban J connectivity index is 1.33. The molecular weight excluding hydrogens is 458 g/mol. The van der Waals surface area contributed by atoms with Gasteiger partial charge < -0.3 is 10.2 Å². The molecule has 5 rings (SSSR count). The number of rotatable bonds is 4. The first-order valence-corrected chi connectivity index (χ1v) is 12.1. The molecule has 11 nitrogen and oxygen atoms in total. The van der Waals surface area contributed by atoms with Gasteiger partial charge in [-0.1, -0.05) is 11.3 Å². The van der Waals surface area contributed by atoms with Crippen LogP contribution in [0.5, 0.6) is 0 Å². The number of carbonyl (C=O) groups excluding carboxylic acids is 4. The van der Waals surface area contributed by atoms with Gasteiger partial charge in [-0.3, -0.25) is 24.5 Å². The molecule has 12 heteroatoms. The van der Waals surface area contributed by atoms with Gasteiger partial charge in [-0.05, 0) is 42.7 Å². The molecule has 2 aromatic rings. The fourth-order valence-corrected chi connectivity index (χ4v) is 5.59. The third kappa shape index (κ3) is 3.92. The molecule has 2 atom stereocenters. The molecule has 0 spiro atoms. The molecule has 4 heterocycles. The van der Waals surface area contributed by atoms with E-state index in [1.165, 1.54) is 15.8 Å². The van der Waals surface area contributed by atoms with Gasteiger partial charge in [0.05, 0.1) is 18.0 Å². The summed E-state index contributed by atoms with van der Waals surface area (Å²) in [5.41, 5.74) is 0.895. The maximum Gasteiger partial charge on any atom is 0.274 e. The molecule has 2 fully saturated rings. The molecule has 174 valence electrons. The molecule has 1 aromatic carbocycles. The number of amides is 4. The zero-order valence-electron chi connectivity index (χ0n) is 18.1. The van der Waals surface area contributed by atoms with Gasteiger partial charge in [-0.25, -0.2) is 4.68 Å². The van der Waals surface area contributed by atoms with Crippen LogP contribution in [0.4, 0.5) is 0 Å². The van der Waals surface area contributed by atoms with E-state index < -0.39 is 23.4 Å². The zero-order chi connectivity index (χ0) is 23.9. The number of nitrogens with one attached hydrogen (secondary N) is 2. The Morgan fingerprint density at radius 3 is 2.91 bits per heavy atom. The van der Waals surface area contributed by atoms with Gasteiger partial charge in [0, 0.05) is 24.3 Å². The summed E-state index contributed by atoms with van der Waals surface area (Å²) in [6.07, 6.45) is 3.38. The third-order valence-electron chi connectivity index (χ3n) is 6.31. The van der Waals surface area contributed by atoms with Crippen LogP contribution in [0.1, 0.15) is 52.1 Å². The highest BCUT2D eigenvalue weighted by Crippen LogP contribution is 2.29. The summed E-state index contributed by atoms with van der Waals surface area (Å²) in [7, 11) is 0. The highest BCUT2D eigenvalue weighted by Gasteiger charge is 2.39. The van der Waals surface area contributed by atoms with Crippen molar-refractivity contribution in [1.82, 2.24) is 30.5 Å². The number of imide groups is 1. The minimum atomic E-state index is -0.913. The molecule has 2 unspecified atom stereocenters. The fraction of sp³-hybridized carbons (Fsp3) is 0.409. The first-order valence-electron chi connectivity index (χ1n) is 10.9. The van der Waals surface area contributed by atoms with Crippen molar-refractivity contribution in [3.8, 4) is 11.8 Å². The van der Waals surface area contributed by atoms with Crippen LogP contribution >= 0.6 is 11.8 Å². The number of hydrogen-bond donors (Lipinski definition) is 2. The number of nitriles is 1. The summed E-state index contributed by atoms with van der Waals surface area (Å²) in [5, 5.41) is 22.6. The maximum absolute atomic E-state index is 13.0. The number of piperidine rings is 1. The van der Waals surface area contributed by atoms with Gasteiger partial charge in [0.25, 0.3) is 11.8 Å². The lowest BCUT2D eigenvalue weighted by atomic mass is 9.97. The van der Waals surface area contributed by atoms with Crippen molar-refractivity contribution in [2.45, 2.75) is 43.8 Å². The molecule has 3 aliphatic heterocycles. The molecule has 0 radical (unpaired) electrons. The Bertz CT molecular complexity index is 1240. The predicted octanol–water partition coefficient (Wildman–Crippen LogP) is 0.547. The molecule has 34 heavy (non-hydrogen) atoms. The molecule has 1 aromatic heterocycles. The van der Waals surface area contributed by atoms with E-state index in [1.54, 1.807) is 30.0 Å². The van der Waals surface area contributed by atoms with Crippen molar-refractivity contribution in [3.05, 3.63) is 41.2 Å². The van der Waals surface area contributed by atoms with E-state index in [4.69, 9.17) is 0 Å². The lowest BCUT2D eigenvalue weighted by Crippen LogP contribution is -2.52. The Kier molecular flexibility index (Phi) is 5.57. The number of fused-ring (bicyclic) bond motifs is 1. The Morgan fingerprint density at radius 2 is 2.18 bits per heavy atom. The predicted molar refractivity (Wildman–Crippen MR) is 120 cm³/mol. The zero-order valence-corrected chi connectivity index (χ0v) is 18.9. The highest BCUT2D eigenvalue weighted by molar-refractivity contribution is 7.99. The van der Waals surface area contributed by atoms with Crippen molar-refractivity contribution in [2.24, 2.45) is 0 Å². The Labute approximate surface area is 198 Å². The lowest BCUT2D eigenvalue weighted by molar-refractivity contribution is -0.136. The van der Waals surface area contributed by atoms with Crippen LogP contribution in [0.25, 0.3) is 5.69 Å². The molecule has 4 amide bonds. The second kappa shape index (κ2) is 8.57. The minimum Gasteiger partial charge on any atom is -0.332 e. The summed E-state index contributed by atoms with van der Waals surface area (Å²) in [4.78, 5) is 50.9. The van der Waals surface area contributed by atoms with Crippen LogP contribution in [-0.4, -0.2) is 66.6 Å². The van der Waals surface area contributed by atoms with E-state index in [0.29, 0.717) is 29.8 Å². The first-order chi connectivity index (χ1) is 16.4. The van der Waals surface area contributed by atoms with Crippen LogP contribution in [0.3, 0.4) is 0 Å². The standard InChI is InChI=1S/C22H21N7O4S/c23-11-22(6-1-7-34-12-22)25-19(31)16-10-29(27-26-16)14-3-2-13-9-28(21(33)15(13)8-14)17-4-5-18(30)24-20(17)32/h2-3,8,10,17H,1,4-7,9,12H2,(H,25,31)(H,24,30,32). The maximum atomic E-state index is 13.0. The van der Waals surface area contributed by atoms with E-state index in [1.807, 2.05) is 0 Å². The van der Waals surface area contributed by atoms with Crippen molar-refractivity contribution >= 4 is 35.4 Å². The number of carbonyl (C=O) groups is 4. The van der Waals surface area contributed by atoms with Crippen molar-refractivity contribution in [2.75, 3.05) is 11.5 Å². The molecule has 0 bridgehead atoms. The summed E-state index contributed by atoms with van der Waals surface area (Å²) in [5.74, 6) is -0.0718. The molecule has 0 aliphatic carbocycles. The van der Waals surface area contributed by atoms with E-state index in [2.05, 4.69) is 27.0 Å². The van der Waals surface area contributed by atoms with Crippen LogP contribution < -0.4 is 10.6 Å². The molecule has 0 saturated carbocycles. The Morgan fingerprint density at radius 1 is 1.32 bits per heavy atom. The molecule has 2 N–H and O–H groups in total. The van der Waals surface area contributed by atoms with E-state index in [-0.39, 0.29) is 30.5 Å². The van der Waals surface area contributed by atoms with Crippen molar-refractivity contribution in [1.29, 1.82) is 5.26 Å². The summed E-state index contributed by atoms with van der Waals surface area (Å²) in [6.45, 7) is 0.278. The molecule has 2 saturated heterocycles. The van der Waals surface area contributed by atoms with Gasteiger partial charge in [-0.2, -0.15) is 17.0 Å². The van der Waals surface area contributed by atoms with Crippen LogP contribution in [0, 0.1) is 11.3 Å². The summed E-state index contributed by atoms with van der Waals surface area (Å²) in [6, 6.07) is 6.72. The normalized spacial score (nSPS) is 24.4. The first kappa shape index (κ1) is 22.1. The van der Waals surface area contributed by atoms with E-state index in [0.717, 1.165) is 17.7 Å². The topological polar surface area (TPSA) is 150 Å². The average molecular weight is 480 g/mol. The van der Waals surface area contributed by atoms with E-state index in [9.17, 15) is 24.4 Å². The summed E-state index contributed by atoms with van der Waals surface area (Å²) < 4.78 is 1.39. The fourth-order valence-electron chi connectivity index (χ4n) is 4.47. The second-order valence-electron chi connectivity index (χ2n) is 8.59.